The number of hydroxylamine groups is 2. The summed E-state index contributed by atoms with van der Waals surface area (Å²) in [4.78, 5) is 32.6. The van der Waals surface area contributed by atoms with Crippen molar-refractivity contribution in [2.45, 2.75) is 70.2 Å². The summed E-state index contributed by atoms with van der Waals surface area (Å²) in [6.45, 7) is 8.66. The van der Waals surface area contributed by atoms with Gasteiger partial charge in [-0.1, -0.05) is 0 Å². The van der Waals surface area contributed by atoms with E-state index in [0.717, 1.165) is 44.1 Å². The first-order chi connectivity index (χ1) is 11.8. The summed E-state index contributed by atoms with van der Waals surface area (Å²) < 4.78 is 5.45. The van der Waals surface area contributed by atoms with Gasteiger partial charge in [0.15, 0.2) is 0 Å². The Morgan fingerprint density at radius 3 is 2.56 bits per heavy atom. The van der Waals surface area contributed by atoms with E-state index in [0.29, 0.717) is 6.04 Å². The number of likely N-dealkylation sites (tertiary alicyclic amines) is 1. The monoisotopic (exact) mass is 354 g/mol. The van der Waals surface area contributed by atoms with Gasteiger partial charge in [-0.2, -0.15) is 0 Å². The third-order valence-electron chi connectivity index (χ3n) is 4.73. The zero-order chi connectivity index (χ0) is 18.0. The summed E-state index contributed by atoms with van der Waals surface area (Å²) in [6, 6.07) is 0.506. The second kappa shape index (κ2) is 7.37. The molecule has 1 saturated carbocycles. The van der Waals surface area contributed by atoms with Gasteiger partial charge in [-0.25, -0.2) is 9.59 Å². The van der Waals surface area contributed by atoms with Gasteiger partial charge in [0.1, 0.15) is 5.60 Å². The molecular weight excluding hydrogens is 324 g/mol. The average molecular weight is 354 g/mol. The van der Waals surface area contributed by atoms with Gasteiger partial charge < -0.3 is 20.2 Å². The summed E-state index contributed by atoms with van der Waals surface area (Å²) >= 11 is 0. The van der Waals surface area contributed by atoms with Gasteiger partial charge in [0.05, 0.1) is 6.04 Å². The van der Waals surface area contributed by atoms with Crippen LogP contribution in [0.5, 0.6) is 0 Å². The van der Waals surface area contributed by atoms with E-state index < -0.39 is 17.8 Å². The third kappa shape index (κ3) is 5.22. The van der Waals surface area contributed by atoms with E-state index in [4.69, 9.17) is 9.57 Å². The fraction of sp³-hybridized carbons (Fsp3) is 0.882. The van der Waals surface area contributed by atoms with Crippen LogP contribution in [0, 0.1) is 0 Å². The maximum atomic E-state index is 12.6. The van der Waals surface area contributed by atoms with Crippen molar-refractivity contribution in [2.75, 3.05) is 26.2 Å². The zero-order valence-electron chi connectivity index (χ0n) is 15.4. The number of nitrogens with one attached hydrogen (secondary N) is 2. The highest BCUT2D eigenvalue weighted by atomic mass is 16.8. The molecule has 2 amide bonds. The van der Waals surface area contributed by atoms with Crippen LogP contribution in [0.15, 0.2) is 0 Å². The lowest BCUT2D eigenvalue weighted by Crippen LogP contribution is -2.49. The van der Waals surface area contributed by atoms with Crippen molar-refractivity contribution < 1.29 is 19.2 Å². The Bertz CT molecular complexity index is 497. The van der Waals surface area contributed by atoms with Crippen molar-refractivity contribution in [3.05, 3.63) is 0 Å². The standard InChI is InChI=1S/C17H30N4O4/c1-17(2,3)24-16(23)21(14-7-9-20(11-14)13-4-5-13)25-15(22)19-12-6-8-18-10-12/h12-14,18H,4-11H2,1-3H3,(H,19,22). The second-order valence-corrected chi connectivity index (χ2v) is 8.19. The number of carbonyl (C=O) groups excluding carboxylic acids is 2. The summed E-state index contributed by atoms with van der Waals surface area (Å²) in [6.07, 6.45) is 2.89. The normalized spacial score (nSPS) is 27.2. The lowest BCUT2D eigenvalue weighted by Gasteiger charge is -2.30. The molecule has 25 heavy (non-hydrogen) atoms. The van der Waals surface area contributed by atoms with Crippen LogP contribution in [0.25, 0.3) is 0 Å². The number of hydrogen-bond donors (Lipinski definition) is 2. The molecule has 8 heteroatoms. The van der Waals surface area contributed by atoms with Gasteiger partial charge in [0, 0.05) is 31.7 Å². The van der Waals surface area contributed by atoms with Gasteiger partial charge in [-0.3, -0.25) is 4.90 Å². The van der Waals surface area contributed by atoms with Crippen molar-refractivity contribution in [3.63, 3.8) is 0 Å². The highest BCUT2D eigenvalue weighted by molar-refractivity contribution is 5.73. The van der Waals surface area contributed by atoms with Gasteiger partial charge >= 0.3 is 12.2 Å². The van der Waals surface area contributed by atoms with Crippen LogP contribution in [-0.4, -0.2) is 72.1 Å². The van der Waals surface area contributed by atoms with Crippen molar-refractivity contribution >= 4 is 12.2 Å². The van der Waals surface area contributed by atoms with Crippen LogP contribution in [0.3, 0.4) is 0 Å². The summed E-state index contributed by atoms with van der Waals surface area (Å²) in [5.41, 5.74) is -0.640. The Morgan fingerprint density at radius 2 is 1.96 bits per heavy atom. The Hall–Kier alpha value is -1.54. The molecule has 2 N–H and O–H groups in total. The molecule has 3 rings (SSSR count). The fourth-order valence-corrected chi connectivity index (χ4v) is 3.36. The van der Waals surface area contributed by atoms with E-state index in [9.17, 15) is 9.59 Å². The van der Waals surface area contributed by atoms with E-state index in [2.05, 4.69) is 15.5 Å². The van der Waals surface area contributed by atoms with Crippen LogP contribution in [0.4, 0.5) is 9.59 Å². The van der Waals surface area contributed by atoms with Crippen LogP contribution in [-0.2, 0) is 9.57 Å². The molecule has 1 aliphatic carbocycles. The van der Waals surface area contributed by atoms with Crippen LogP contribution >= 0.6 is 0 Å². The Kier molecular flexibility index (Phi) is 5.38. The van der Waals surface area contributed by atoms with Crippen molar-refractivity contribution in [1.29, 1.82) is 0 Å². The largest absolute Gasteiger partial charge is 0.444 e. The minimum Gasteiger partial charge on any atom is -0.442 e. The highest BCUT2D eigenvalue weighted by Crippen LogP contribution is 2.31. The number of carbonyl (C=O) groups is 2. The zero-order valence-corrected chi connectivity index (χ0v) is 15.4. The molecule has 0 spiro atoms. The number of rotatable bonds is 3. The Morgan fingerprint density at radius 1 is 1.20 bits per heavy atom. The second-order valence-electron chi connectivity index (χ2n) is 8.19. The highest BCUT2D eigenvalue weighted by Gasteiger charge is 2.41. The van der Waals surface area contributed by atoms with E-state index in [1.807, 2.05) is 0 Å². The molecule has 0 aromatic heterocycles. The quantitative estimate of drug-likeness (QED) is 0.747. The maximum Gasteiger partial charge on any atom is 0.444 e. The molecule has 0 aromatic rings. The van der Waals surface area contributed by atoms with E-state index in [-0.39, 0.29) is 12.1 Å². The molecule has 142 valence electrons. The van der Waals surface area contributed by atoms with Crippen LogP contribution in [0.2, 0.25) is 0 Å². The molecule has 2 saturated heterocycles. The fourth-order valence-electron chi connectivity index (χ4n) is 3.36. The molecule has 2 atom stereocenters. The van der Waals surface area contributed by atoms with Crippen LogP contribution in [0.1, 0.15) is 46.5 Å². The maximum absolute atomic E-state index is 12.6. The number of ether oxygens (including phenoxy) is 1. The van der Waals surface area contributed by atoms with Gasteiger partial charge in [0.25, 0.3) is 0 Å². The molecule has 2 heterocycles. The van der Waals surface area contributed by atoms with Gasteiger partial charge in [-0.15, -0.1) is 5.06 Å². The summed E-state index contributed by atoms with van der Waals surface area (Å²) in [7, 11) is 0. The molecule has 0 bridgehead atoms. The Labute approximate surface area is 149 Å². The minimum absolute atomic E-state index is 0.0412. The van der Waals surface area contributed by atoms with E-state index >= 15 is 0 Å². The van der Waals surface area contributed by atoms with Crippen molar-refractivity contribution in [2.24, 2.45) is 0 Å². The van der Waals surface area contributed by atoms with Gasteiger partial charge in [-0.05, 0) is 53.0 Å². The SMILES string of the molecule is CC(C)(C)OC(=O)N(OC(=O)NC1CCNC1)C1CCN(C2CC2)C1. The Balaban J connectivity index is 1.60. The lowest BCUT2D eigenvalue weighted by atomic mass is 10.2. The smallest absolute Gasteiger partial charge is 0.442 e. The molecule has 0 radical (unpaired) electrons. The number of hydrogen-bond acceptors (Lipinski definition) is 6. The lowest BCUT2D eigenvalue weighted by molar-refractivity contribution is -0.122. The minimum atomic E-state index is -0.640. The molecule has 3 fully saturated rings. The molecule has 0 aromatic carbocycles. The molecule has 3 aliphatic rings. The average Bonchev–Trinajstić information content (AvgIpc) is 3.03. The van der Waals surface area contributed by atoms with Crippen molar-refractivity contribution in [3.8, 4) is 0 Å². The number of nitrogens with zero attached hydrogens (tertiary/aromatic N) is 2. The predicted octanol–water partition coefficient (Wildman–Crippen LogP) is 1.46. The molecule has 8 nitrogen and oxygen atoms in total. The van der Waals surface area contributed by atoms with Crippen molar-refractivity contribution in [1.82, 2.24) is 20.6 Å². The number of amides is 2. The first-order valence-electron chi connectivity index (χ1n) is 9.27. The predicted molar refractivity (Wildman–Crippen MR) is 92.0 cm³/mol. The van der Waals surface area contributed by atoms with E-state index in [1.165, 1.54) is 12.8 Å². The first kappa shape index (κ1) is 18.3. The summed E-state index contributed by atoms with van der Waals surface area (Å²) in [5.74, 6) is 0. The summed E-state index contributed by atoms with van der Waals surface area (Å²) in [5, 5.41) is 7.14. The topological polar surface area (TPSA) is 83.1 Å². The first-order valence-corrected chi connectivity index (χ1v) is 9.27. The van der Waals surface area contributed by atoms with Crippen LogP contribution < -0.4 is 10.6 Å². The van der Waals surface area contributed by atoms with Gasteiger partial charge in [0.2, 0.25) is 0 Å². The third-order valence-corrected chi connectivity index (χ3v) is 4.73. The molecule has 2 unspecified atom stereocenters. The van der Waals surface area contributed by atoms with E-state index in [1.54, 1.807) is 20.8 Å². The molecule has 2 aliphatic heterocycles. The molecular formula is C17H30N4O4.